The van der Waals surface area contributed by atoms with Crippen LogP contribution in [0, 0.1) is 0 Å². The molecule has 0 fully saturated rings. The number of esters is 1. The quantitative estimate of drug-likeness (QED) is 0.605. The molecule has 9 heteroatoms. The number of nitrogens with zero attached hydrogens (tertiary/aromatic N) is 2. The zero-order valence-electron chi connectivity index (χ0n) is 17.1. The minimum absolute atomic E-state index is 0.00586. The molecule has 1 unspecified atom stereocenters. The number of ether oxygens (including phenoxy) is 3. The predicted octanol–water partition coefficient (Wildman–Crippen LogP) is 2.18. The number of benzene rings is 2. The number of nitrogens with one attached hydrogen (secondary N) is 1. The van der Waals surface area contributed by atoms with Crippen molar-refractivity contribution < 1.29 is 23.8 Å². The summed E-state index contributed by atoms with van der Waals surface area (Å²) in [4.78, 5) is 37.3. The first-order chi connectivity index (χ1) is 15.0. The lowest BCUT2D eigenvalue weighted by Gasteiger charge is -2.15. The first-order valence-corrected chi connectivity index (χ1v) is 9.83. The molecule has 1 aromatic heterocycles. The smallest absolute Gasteiger partial charge is 0.359 e. The predicted molar refractivity (Wildman–Crippen MR) is 111 cm³/mol. The number of hydrogen-bond acceptors (Lipinski definition) is 7. The fraction of sp³-hybridized carbons (Fsp3) is 0.273. The molecule has 1 atom stereocenters. The molecule has 160 valence electrons. The molecule has 0 saturated carbocycles. The highest BCUT2D eigenvalue weighted by molar-refractivity contribution is 6.02. The fourth-order valence-corrected chi connectivity index (χ4v) is 3.35. The van der Waals surface area contributed by atoms with Crippen molar-refractivity contribution in [3.05, 3.63) is 64.1 Å². The first kappa shape index (κ1) is 20.4. The Morgan fingerprint density at radius 3 is 2.68 bits per heavy atom. The van der Waals surface area contributed by atoms with Gasteiger partial charge in [-0.2, -0.15) is 5.10 Å². The number of fused-ring (bicyclic) bond motifs is 2. The van der Waals surface area contributed by atoms with E-state index in [0.717, 1.165) is 5.56 Å². The molecule has 1 aliphatic rings. The standard InChI is InChI=1S/C22H21N3O6/c1-3-25-21(27)16-7-5-4-6-15(16)20(24-25)22(28)29-11-19(26)23-13(2)14-8-9-17-18(10-14)31-12-30-17/h4-10,13H,3,11-12H2,1-2H3,(H,23,26). The van der Waals surface area contributed by atoms with E-state index in [1.165, 1.54) is 4.68 Å². The van der Waals surface area contributed by atoms with Crippen molar-refractivity contribution in [1.82, 2.24) is 15.1 Å². The van der Waals surface area contributed by atoms with E-state index in [1.807, 2.05) is 13.0 Å². The number of carbonyl (C=O) groups is 2. The molecule has 2 aromatic carbocycles. The van der Waals surface area contributed by atoms with Gasteiger partial charge >= 0.3 is 5.97 Å². The average molecular weight is 423 g/mol. The molecule has 0 spiro atoms. The highest BCUT2D eigenvalue weighted by atomic mass is 16.7. The van der Waals surface area contributed by atoms with Crippen LogP contribution in [0.25, 0.3) is 10.8 Å². The van der Waals surface area contributed by atoms with Crippen molar-refractivity contribution in [1.29, 1.82) is 0 Å². The third-order valence-corrected chi connectivity index (χ3v) is 4.97. The number of hydrogen-bond donors (Lipinski definition) is 1. The summed E-state index contributed by atoms with van der Waals surface area (Å²) in [6, 6.07) is 11.7. The lowest BCUT2D eigenvalue weighted by atomic mass is 10.1. The van der Waals surface area contributed by atoms with Gasteiger partial charge in [0.2, 0.25) is 6.79 Å². The van der Waals surface area contributed by atoms with Crippen molar-refractivity contribution in [3.8, 4) is 11.5 Å². The Bertz CT molecular complexity index is 1220. The number of amides is 1. The molecule has 0 radical (unpaired) electrons. The molecule has 1 aliphatic heterocycles. The third-order valence-electron chi connectivity index (χ3n) is 4.97. The minimum atomic E-state index is -0.774. The van der Waals surface area contributed by atoms with Crippen molar-refractivity contribution in [2.75, 3.05) is 13.4 Å². The van der Waals surface area contributed by atoms with Crippen LogP contribution >= 0.6 is 0 Å². The highest BCUT2D eigenvalue weighted by Crippen LogP contribution is 2.34. The van der Waals surface area contributed by atoms with Crippen LogP contribution in [0.5, 0.6) is 11.5 Å². The lowest BCUT2D eigenvalue weighted by Crippen LogP contribution is -2.32. The maximum atomic E-state index is 12.6. The molecule has 3 aromatic rings. The maximum Gasteiger partial charge on any atom is 0.359 e. The largest absolute Gasteiger partial charge is 0.454 e. The summed E-state index contributed by atoms with van der Waals surface area (Å²) in [5.41, 5.74) is 0.533. The van der Waals surface area contributed by atoms with E-state index < -0.39 is 18.5 Å². The van der Waals surface area contributed by atoms with Crippen LogP contribution in [0.1, 0.15) is 35.9 Å². The Labute approximate surface area is 177 Å². The van der Waals surface area contributed by atoms with E-state index in [1.54, 1.807) is 43.3 Å². The number of carbonyl (C=O) groups excluding carboxylic acids is 2. The van der Waals surface area contributed by atoms with Gasteiger partial charge in [0.25, 0.3) is 11.5 Å². The van der Waals surface area contributed by atoms with Gasteiger partial charge in [0.15, 0.2) is 23.8 Å². The molecule has 0 bridgehead atoms. The van der Waals surface area contributed by atoms with E-state index in [0.29, 0.717) is 28.8 Å². The van der Waals surface area contributed by atoms with Crippen molar-refractivity contribution in [2.45, 2.75) is 26.4 Å². The Kier molecular flexibility index (Phi) is 5.57. The number of aryl methyl sites for hydroxylation is 1. The summed E-state index contributed by atoms with van der Waals surface area (Å²) in [7, 11) is 0. The third kappa shape index (κ3) is 4.07. The molecule has 0 aliphatic carbocycles. The normalized spacial score (nSPS) is 13.1. The van der Waals surface area contributed by atoms with Crippen molar-refractivity contribution in [2.24, 2.45) is 0 Å². The average Bonchev–Trinajstić information content (AvgIpc) is 3.26. The van der Waals surface area contributed by atoms with Crippen LogP contribution in [0.15, 0.2) is 47.3 Å². The summed E-state index contributed by atoms with van der Waals surface area (Å²) < 4.78 is 17.0. The summed E-state index contributed by atoms with van der Waals surface area (Å²) in [6.45, 7) is 3.56. The van der Waals surface area contributed by atoms with Crippen LogP contribution in [-0.4, -0.2) is 35.1 Å². The second-order valence-corrected chi connectivity index (χ2v) is 6.99. The fourth-order valence-electron chi connectivity index (χ4n) is 3.35. The van der Waals surface area contributed by atoms with E-state index in [-0.39, 0.29) is 24.1 Å². The van der Waals surface area contributed by atoms with E-state index in [2.05, 4.69) is 10.4 Å². The molecule has 4 rings (SSSR count). The van der Waals surface area contributed by atoms with Gasteiger partial charge < -0.3 is 19.5 Å². The topological polar surface area (TPSA) is 109 Å². The second-order valence-electron chi connectivity index (χ2n) is 6.99. The number of aromatic nitrogens is 2. The van der Waals surface area contributed by atoms with E-state index in [9.17, 15) is 14.4 Å². The molecule has 2 heterocycles. The summed E-state index contributed by atoms with van der Waals surface area (Å²) >= 11 is 0. The Morgan fingerprint density at radius 2 is 1.90 bits per heavy atom. The summed E-state index contributed by atoms with van der Waals surface area (Å²) in [5.74, 6) is 0.0364. The molecule has 1 amide bonds. The van der Waals surface area contributed by atoms with Crippen LogP contribution in [0.3, 0.4) is 0 Å². The molecule has 1 N–H and O–H groups in total. The van der Waals surface area contributed by atoms with Crippen LogP contribution in [0.2, 0.25) is 0 Å². The molecular weight excluding hydrogens is 402 g/mol. The van der Waals surface area contributed by atoms with E-state index >= 15 is 0 Å². The zero-order chi connectivity index (χ0) is 22.0. The summed E-state index contributed by atoms with van der Waals surface area (Å²) in [5, 5.41) is 7.64. The molecule has 9 nitrogen and oxygen atoms in total. The maximum absolute atomic E-state index is 12.6. The van der Waals surface area contributed by atoms with Gasteiger partial charge in [0.05, 0.1) is 11.4 Å². The van der Waals surface area contributed by atoms with Gasteiger partial charge in [-0.1, -0.05) is 24.3 Å². The monoisotopic (exact) mass is 423 g/mol. The van der Waals surface area contributed by atoms with Crippen LogP contribution in [-0.2, 0) is 16.1 Å². The van der Waals surface area contributed by atoms with Gasteiger partial charge in [-0.05, 0) is 37.6 Å². The lowest BCUT2D eigenvalue weighted by molar-refractivity contribution is -0.124. The first-order valence-electron chi connectivity index (χ1n) is 9.83. The molecule has 0 saturated heterocycles. The van der Waals surface area contributed by atoms with Gasteiger partial charge in [0.1, 0.15) is 0 Å². The van der Waals surface area contributed by atoms with Crippen molar-refractivity contribution >= 4 is 22.6 Å². The Hall–Kier alpha value is -3.88. The Morgan fingerprint density at radius 1 is 1.16 bits per heavy atom. The van der Waals surface area contributed by atoms with E-state index in [4.69, 9.17) is 14.2 Å². The van der Waals surface area contributed by atoms with Gasteiger partial charge in [-0.25, -0.2) is 9.48 Å². The second kappa shape index (κ2) is 8.47. The zero-order valence-corrected chi connectivity index (χ0v) is 17.1. The van der Waals surface area contributed by atoms with Crippen LogP contribution in [0.4, 0.5) is 0 Å². The summed E-state index contributed by atoms with van der Waals surface area (Å²) in [6.07, 6.45) is 0. The minimum Gasteiger partial charge on any atom is -0.454 e. The van der Waals surface area contributed by atoms with Gasteiger partial charge in [-0.3, -0.25) is 9.59 Å². The van der Waals surface area contributed by atoms with Gasteiger partial charge in [0, 0.05) is 11.9 Å². The highest BCUT2D eigenvalue weighted by Gasteiger charge is 2.20. The SMILES string of the molecule is CCn1nc(C(=O)OCC(=O)NC(C)c2ccc3c(c2)OCO3)c2ccccc2c1=O. The molecular formula is C22H21N3O6. The van der Waals surface area contributed by atoms with Crippen molar-refractivity contribution in [3.63, 3.8) is 0 Å². The Balaban J connectivity index is 1.43. The van der Waals surface area contributed by atoms with Gasteiger partial charge in [-0.15, -0.1) is 0 Å². The number of rotatable bonds is 6. The van der Waals surface area contributed by atoms with Crippen LogP contribution < -0.4 is 20.3 Å². The molecule has 31 heavy (non-hydrogen) atoms.